The fourth-order valence-electron chi connectivity index (χ4n) is 3.73. The molecule has 1 aromatic heterocycles. The van der Waals surface area contributed by atoms with Crippen molar-refractivity contribution < 1.29 is 9.90 Å². The molecule has 0 radical (unpaired) electrons. The van der Waals surface area contributed by atoms with Gasteiger partial charge in [-0.1, -0.05) is 25.0 Å². The quantitative estimate of drug-likeness (QED) is 0.839. The Morgan fingerprint density at radius 1 is 1.31 bits per heavy atom. The summed E-state index contributed by atoms with van der Waals surface area (Å²) in [6.07, 6.45) is 4.81. The second-order valence-corrected chi connectivity index (χ2v) is 7.07. The number of carbonyl (C=O) groups is 1. The van der Waals surface area contributed by atoms with E-state index in [0.29, 0.717) is 12.0 Å². The molecule has 3 rings (SSSR count). The van der Waals surface area contributed by atoms with E-state index in [9.17, 15) is 14.7 Å². The van der Waals surface area contributed by atoms with Crippen molar-refractivity contribution in [3.8, 4) is 0 Å². The molecule has 0 saturated heterocycles. The third-order valence-electron chi connectivity index (χ3n) is 5.26. The molecule has 7 nitrogen and oxygen atoms in total. The SMILES string of the molecule is Cn1nc(C[C@H]2CCCC[C@H]2NC(=O)c2cccc(CO)c2)n(C)c1=O. The van der Waals surface area contributed by atoms with Gasteiger partial charge in [0.2, 0.25) is 0 Å². The minimum atomic E-state index is -0.128. The number of aromatic nitrogens is 3. The van der Waals surface area contributed by atoms with E-state index in [1.807, 2.05) is 0 Å². The van der Waals surface area contributed by atoms with Gasteiger partial charge in [-0.05, 0) is 36.5 Å². The topological polar surface area (TPSA) is 89.2 Å². The summed E-state index contributed by atoms with van der Waals surface area (Å²) in [7, 11) is 3.39. The molecule has 1 amide bonds. The van der Waals surface area contributed by atoms with Crippen molar-refractivity contribution in [1.82, 2.24) is 19.7 Å². The standard InChI is InChI=1S/C19H26N4O3/c1-22-17(21-23(2)19(22)26)11-14-7-3-4-9-16(14)20-18(25)15-8-5-6-13(10-15)12-24/h5-6,8,10,14,16,24H,3-4,7,9,11-12H2,1-2H3,(H,20,25)/t14-,16-/m1/s1. The molecule has 2 aromatic rings. The van der Waals surface area contributed by atoms with Gasteiger partial charge >= 0.3 is 5.69 Å². The van der Waals surface area contributed by atoms with Crippen molar-refractivity contribution in [1.29, 1.82) is 0 Å². The summed E-state index contributed by atoms with van der Waals surface area (Å²) in [5.74, 6) is 0.896. The first-order chi connectivity index (χ1) is 12.5. The van der Waals surface area contributed by atoms with Gasteiger partial charge in [-0.25, -0.2) is 9.48 Å². The Morgan fingerprint density at radius 3 is 2.77 bits per heavy atom. The van der Waals surface area contributed by atoms with E-state index < -0.39 is 0 Å². The highest BCUT2D eigenvalue weighted by Crippen LogP contribution is 2.27. The highest BCUT2D eigenvalue weighted by atomic mass is 16.3. The summed E-state index contributed by atoms with van der Waals surface area (Å²) in [5, 5.41) is 16.7. The molecule has 26 heavy (non-hydrogen) atoms. The molecule has 1 fully saturated rings. The molecule has 2 atom stereocenters. The molecule has 1 heterocycles. The van der Waals surface area contributed by atoms with E-state index in [-0.39, 0.29) is 30.2 Å². The van der Waals surface area contributed by atoms with Gasteiger partial charge in [-0.15, -0.1) is 0 Å². The maximum Gasteiger partial charge on any atom is 0.345 e. The fourth-order valence-corrected chi connectivity index (χ4v) is 3.73. The van der Waals surface area contributed by atoms with E-state index in [1.165, 1.54) is 4.68 Å². The minimum absolute atomic E-state index is 0.0612. The number of rotatable bonds is 5. The Kier molecular flexibility index (Phi) is 5.56. The molecule has 0 unspecified atom stereocenters. The number of amides is 1. The number of carbonyl (C=O) groups excluding carboxylic acids is 1. The number of hydrogen-bond acceptors (Lipinski definition) is 4. The van der Waals surface area contributed by atoms with E-state index in [0.717, 1.165) is 37.1 Å². The van der Waals surface area contributed by atoms with Gasteiger partial charge in [0.05, 0.1) is 6.61 Å². The van der Waals surface area contributed by atoms with Crippen molar-refractivity contribution in [3.05, 3.63) is 51.7 Å². The summed E-state index contributed by atoms with van der Waals surface area (Å²) in [4.78, 5) is 24.5. The van der Waals surface area contributed by atoms with Crippen LogP contribution in [-0.4, -0.2) is 31.4 Å². The Labute approximate surface area is 152 Å². The van der Waals surface area contributed by atoms with Crippen molar-refractivity contribution >= 4 is 5.91 Å². The van der Waals surface area contributed by atoms with Crippen LogP contribution in [0.2, 0.25) is 0 Å². The molecule has 7 heteroatoms. The predicted molar refractivity (Wildman–Crippen MR) is 97.7 cm³/mol. The van der Waals surface area contributed by atoms with Crippen LogP contribution in [0.4, 0.5) is 0 Å². The van der Waals surface area contributed by atoms with Gasteiger partial charge in [-0.3, -0.25) is 9.36 Å². The predicted octanol–water partition coefficient (Wildman–Crippen LogP) is 1.14. The maximum atomic E-state index is 12.6. The zero-order chi connectivity index (χ0) is 18.7. The third kappa shape index (κ3) is 3.88. The Hall–Kier alpha value is -2.41. The van der Waals surface area contributed by atoms with Crippen LogP contribution in [0.15, 0.2) is 29.1 Å². The van der Waals surface area contributed by atoms with E-state index in [2.05, 4.69) is 10.4 Å². The average Bonchev–Trinajstić information content (AvgIpc) is 2.90. The second-order valence-electron chi connectivity index (χ2n) is 7.07. The van der Waals surface area contributed by atoms with Crippen molar-refractivity contribution in [2.75, 3.05) is 0 Å². The number of hydrogen-bond donors (Lipinski definition) is 2. The number of benzene rings is 1. The Bertz CT molecular complexity index is 840. The van der Waals surface area contributed by atoms with Crippen LogP contribution in [0.1, 0.15) is 47.4 Å². The molecular formula is C19H26N4O3. The largest absolute Gasteiger partial charge is 0.392 e. The first kappa shape index (κ1) is 18.4. The molecule has 0 bridgehead atoms. The van der Waals surface area contributed by atoms with E-state index in [1.54, 1.807) is 42.9 Å². The second kappa shape index (κ2) is 7.86. The number of nitrogens with zero attached hydrogens (tertiary/aromatic N) is 3. The highest BCUT2D eigenvalue weighted by Gasteiger charge is 2.28. The molecule has 1 aliphatic rings. The molecule has 0 spiro atoms. The van der Waals surface area contributed by atoms with Crippen LogP contribution in [0.3, 0.4) is 0 Å². The van der Waals surface area contributed by atoms with E-state index >= 15 is 0 Å². The van der Waals surface area contributed by atoms with Crippen LogP contribution in [0, 0.1) is 5.92 Å². The lowest BCUT2D eigenvalue weighted by molar-refractivity contribution is 0.0904. The van der Waals surface area contributed by atoms with Crippen LogP contribution < -0.4 is 11.0 Å². The maximum absolute atomic E-state index is 12.6. The minimum Gasteiger partial charge on any atom is -0.392 e. The summed E-state index contributed by atoms with van der Waals surface area (Å²) >= 11 is 0. The Morgan fingerprint density at radius 2 is 2.08 bits per heavy atom. The van der Waals surface area contributed by atoms with Crippen LogP contribution in [0.5, 0.6) is 0 Å². The molecule has 1 aliphatic carbocycles. The molecule has 0 aliphatic heterocycles. The first-order valence-electron chi connectivity index (χ1n) is 9.09. The first-order valence-corrected chi connectivity index (χ1v) is 9.09. The van der Waals surface area contributed by atoms with Gasteiger partial charge in [-0.2, -0.15) is 5.10 Å². The summed E-state index contributed by atoms with van der Waals surface area (Å²) in [6.45, 7) is -0.0825. The summed E-state index contributed by atoms with van der Waals surface area (Å²) < 4.78 is 2.93. The lowest BCUT2D eigenvalue weighted by atomic mass is 9.82. The van der Waals surface area contributed by atoms with Gasteiger partial charge in [0.25, 0.3) is 5.91 Å². The number of aliphatic hydroxyl groups excluding tert-OH is 1. The van der Waals surface area contributed by atoms with Crippen LogP contribution in [-0.2, 0) is 27.1 Å². The highest BCUT2D eigenvalue weighted by molar-refractivity contribution is 5.94. The zero-order valence-electron chi connectivity index (χ0n) is 15.3. The fraction of sp³-hybridized carbons (Fsp3) is 0.526. The Balaban J connectivity index is 1.73. The zero-order valence-corrected chi connectivity index (χ0v) is 15.3. The molecule has 140 valence electrons. The molecule has 2 N–H and O–H groups in total. The number of aliphatic hydroxyl groups is 1. The van der Waals surface area contributed by atoms with Gasteiger partial charge in [0, 0.05) is 32.1 Å². The lowest BCUT2D eigenvalue weighted by Gasteiger charge is -2.32. The number of aryl methyl sites for hydroxylation is 1. The monoisotopic (exact) mass is 358 g/mol. The third-order valence-corrected chi connectivity index (χ3v) is 5.26. The molecule has 1 saturated carbocycles. The molecular weight excluding hydrogens is 332 g/mol. The van der Waals surface area contributed by atoms with Crippen molar-refractivity contribution in [2.45, 2.75) is 44.8 Å². The van der Waals surface area contributed by atoms with Crippen LogP contribution >= 0.6 is 0 Å². The van der Waals surface area contributed by atoms with E-state index in [4.69, 9.17) is 0 Å². The smallest absolute Gasteiger partial charge is 0.345 e. The van der Waals surface area contributed by atoms with Crippen molar-refractivity contribution in [2.24, 2.45) is 20.0 Å². The average molecular weight is 358 g/mol. The summed E-state index contributed by atoms with van der Waals surface area (Å²) in [6, 6.07) is 7.11. The van der Waals surface area contributed by atoms with Crippen molar-refractivity contribution in [3.63, 3.8) is 0 Å². The van der Waals surface area contributed by atoms with Crippen LogP contribution in [0.25, 0.3) is 0 Å². The van der Waals surface area contributed by atoms with Gasteiger partial charge in [0.15, 0.2) is 0 Å². The van der Waals surface area contributed by atoms with Gasteiger partial charge in [0.1, 0.15) is 5.82 Å². The number of nitrogens with one attached hydrogen (secondary N) is 1. The molecule has 1 aromatic carbocycles. The lowest BCUT2D eigenvalue weighted by Crippen LogP contribution is -2.43. The summed E-state index contributed by atoms with van der Waals surface area (Å²) in [5.41, 5.74) is 1.16. The normalized spacial score (nSPS) is 20.1. The van der Waals surface area contributed by atoms with Gasteiger partial charge < -0.3 is 10.4 Å².